The summed E-state index contributed by atoms with van der Waals surface area (Å²) in [4.78, 5) is 17.1. The van der Waals surface area contributed by atoms with Gasteiger partial charge in [0.05, 0.1) is 6.54 Å². The molecule has 20 heavy (non-hydrogen) atoms. The zero-order valence-corrected chi connectivity index (χ0v) is 13.0. The molecule has 114 valence electrons. The Morgan fingerprint density at radius 2 is 2.15 bits per heavy atom. The summed E-state index contributed by atoms with van der Waals surface area (Å²) in [5.41, 5.74) is 0. The Morgan fingerprint density at radius 1 is 1.50 bits per heavy atom. The molecule has 8 nitrogen and oxygen atoms in total. The van der Waals surface area contributed by atoms with Crippen LogP contribution >= 0.6 is 0 Å². The number of aryl methyl sites for hydroxylation is 2. The van der Waals surface area contributed by atoms with Crippen molar-refractivity contribution in [2.24, 2.45) is 7.05 Å². The van der Waals surface area contributed by atoms with Gasteiger partial charge in [0, 0.05) is 33.4 Å². The summed E-state index contributed by atoms with van der Waals surface area (Å²) < 4.78 is 27.8. The van der Waals surface area contributed by atoms with Gasteiger partial charge in [0.15, 0.2) is 5.03 Å². The zero-order valence-electron chi connectivity index (χ0n) is 12.2. The first-order valence-corrected chi connectivity index (χ1v) is 7.64. The van der Waals surface area contributed by atoms with Crippen LogP contribution < -0.4 is 10.0 Å². The molecule has 1 aromatic rings. The predicted octanol–water partition coefficient (Wildman–Crippen LogP) is -1.32. The summed E-state index contributed by atoms with van der Waals surface area (Å²) in [5, 5.41) is 2.83. The van der Waals surface area contributed by atoms with Gasteiger partial charge >= 0.3 is 0 Å². The third kappa shape index (κ3) is 4.29. The number of nitrogens with one attached hydrogen (secondary N) is 2. The summed E-state index contributed by atoms with van der Waals surface area (Å²) in [5.74, 6) is 0.291. The molecule has 0 fully saturated rings. The standard InChI is InChI=1S/C11H21N5O3S/c1-9-14-10(8-16(9)4)20(18,19)13-7-11(17)15(3)6-5-12-2/h8,12-13H,5-7H2,1-4H3. The summed E-state index contributed by atoms with van der Waals surface area (Å²) in [6.07, 6.45) is 1.41. The van der Waals surface area contributed by atoms with E-state index in [2.05, 4.69) is 15.0 Å². The average molecular weight is 303 g/mol. The Hall–Kier alpha value is -1.45. The number of rotatable bonds is 7. The van der Waals surface area contributed by atoms with E-state index in [0.29, 0.717) is 18.9 Å². The van der Waals surface area contributed by atoms with Crippen LogP contribution in [0, 0.1) is 6.92 Å². The molecule has 1 aromatic heterocycles. The largest absolute Gasteiger partial charge is 0.343 e. The van der Waals surface area contributed by atoms with Crippen molar-refractivity contribution in [1.29, 1.82) is 0 Å². The quantitative estimate of drug-likeness (QED) is 0.651. The SMILES string of the molecule is CNCCN(C)C(=O)CNS(=O)(=O)c1cn(C)c(C)n1. The molecule has 1 heterocycles. The lowest BCUT2D eigenvalue weighted by Gasteiger charge is -2.16. The molecule has 0 spiro atoms. The first kappa shape index (κ1) is 16.6. The second-order valence-corrected chi connectivity index (χ2v) is 6.19. The number of imidazole rings is 1. The Morgan fingerprint density at radius 3 is 2.65 bits per heavy atom. The second kappa shape index (κ2) is 6.82. The number of aromatic nitrogens is 2. The number of likely N-dealkylation sites (N-methyl/N-ethyl adjacent to an activating group) is 2. The van der Waals surface area contributed by atoms with Gasteiger partial charge in [-0.2, -0.15) is 0 Å². The molecule has 0 aliphatic carbocycles. The van der Waals surface area contributed by atoms with Crippen molar-refractivity contribution in [3.8, 4) is 0 Å². The molecule has 1 rings (SSSR count). The Labute approximate surface area is 119 Å². The third-order valence-corrected chi connectivity index (χ3v) is 4.17. The maximum Gasteiger partial charge on any atom is 0.260 e. The van der Waals surface area contributed by atoms with Gasteiger partial charge in [-0.3, -0.25) is 4.79 Å². The van der Waals surface area contributed by atoms with Crippen molar-refractivity contribution in [2.75, 3.05) is 33.7 Å². The van der Waals surface area contributed by atoms with E-state index >= 15 is 0 Å². The van der Waals surface area contributed by atoms with Gasteiger partial charge in [0.25, 0.3) is 10.0 Å². The second-order valence-electron chi connectivity index (χ2n) is 4.48. The van der Waals surface area contributed by atoms with E-state index in [9.17, 15) is 13.2 Å². The van der Waals surface area contributed by atoms with E-state index in [0.717, 1.165) is 0 Å². The molecule has 0 radical (unpaired) electrons. The molecule has 0 atom stereocenters. The molecule has 0 unspecified atom stereocenters. The van der Waals surface area contributed by atoms with Crippen LogP contribution in [-0.4, -0.2) is 62.5 Å². The first-order valence-electron chi connectivity index (χ1n) is 6.16. The topological polar surface area (TPSA) is 96.3 Å². The molecule has 1 amide bonds. The number of hydrogen-bond donors (Lipinski definition) is 2. The number of hydrogen-bond acceptors (Lipinski definition) is 5. The minimum atomic E-state index is -3.76. The average Bonchev–Trinajstić information content (AvgIpc) is 2.74. The van der Waals surface area contributed by atoms with E-state index in [-0.39, 0.29) is 17.5 Å². The first-order chi connectivity index (χ1) is 9.27. The fourth-order valence-electron chi connectivity index (χ4n) is 1.43. The monoisotopic (exact) mass is 303 g/mol. The molecule has 0 aliphatic heterocycles. The fourth-order valence-corrected chi connectivity index (χ4v) is 2.44. The van der Waals surface area contributed by atoms with Crippen LogP contribution in [0.5, 0.6) is 0 Å². The van der Waals surface area contributed by atoms with E-state index in [1.807, 2.05) is 0 Å². The van der Waals surface area contributed by atoms with Crippen molar-refractivity contribution in [3.63, 3.8) is 0 Å². The molecular weight excluding hydrogens is 282 g/mol. The maximum absolute atomic E-state index is 12.0. The summed E-state index contributed by atoms with van der Waals surface area (Å²) in [6, 6.07) is 0. The van der Waals surface area contributed by atoms with Crippen molar-refractivity contribution in [1.82, 2.24) is 24.5 Å². The molecule has 2 N–H and O–H groups in total. The van der Waals surface area contributed by atoms with Gasteiger partial charge in [0.2, 0.25) is 5.91 Å². The molecule has 0 bridgehead atoms. The van der Waals surface area contributed by atoms with E-state index < -0.39 is 10.0 Å². The summed E-state index contributed by atoms with van der Waals surface area (Å²) in [7, 11) is 1.36. The van der Waals surface area contributed by atoms with Gasteiger partial charge in [0.1, 0.15) is 5.82 Å². The molecule has 0 aromatic carbocycles. The Bertz CT molecular complexity index is 547. The Kier molecular flexibility index (Phi) is 5.66. The number of amides is 1. The van der Waals surface area contributed by atoms with Crippen molar-refractivity contribution < 1.29 is 13.2 Å². The number of sulfonamides is 1. The number of nitrogens with zero attached hydrogens (tertiary/aromatic N) is 3. The normalized spacial score (nSPS) is 11.6. The van der Waals surface area contributed by atoms with Gasteiger partial charge in [-0.15, -0.1) is 0 Å². The Balaban J connectivity index is 2.62. The highest BCUT2D eigenvalue weighted by Crippen LogP contribution is 2.06. The minimum Gasteiger partial charge on any atom is -0.343 e. The lowest BCUT2D eigenvalue weighted by atomic mass is 10.5. The lowest BCUT2D eigenvalue weighted by molar-refractivity contribution is -0.128. The summed E-state index contributed by atoms with van der Waals surface area (Å²) in [6.45, 7) is 2.59. The predicted molar refractivity (Wildman–Crippen MR) is 74.7 cm³/mol. The smallest absolute Gasteiger partial charge is 0.260 e. The molecular formula is C11H21N5O3S. The zero-order chi connectivity index (χ0) is 15.3. The maximum atomic E-state index is 12.0. The van der Waals surface area contributed by atoms with Crippen LogP contribution in [0.2, 0.25) is 0 Å². The highest BCUT2D eigenvalue weighted by atomic mass is 32.2. The van der Waals surface area contributed by atoms with Crippen LogP contribution in [0.15, 0.2) is 11.2 Å². The third-order valence-electron chi connectivity index (χ3n) is 2.90. The highest BCUT2D eigenvalue weighted by Gasteiger charge is 2.20. The lowest BCUT2D eigenvalue weighted by Crippen LogP contribution is -2.40. The van der Waals surface area contributed by atoms with Crippen molar-refractivity contribution in [3.05, 3.63) is 12.0 Å². The van der Waals surface area contributed by atoms with E-state index in [1.165, 1.54) is 11.1 Å². The van der Waals surface area contributed by atoms with Crippen LogP contribution in [0.1, 0.15) is 5.82 Å². The summed E-state index contributed by atoms with van der Waals surface area (Å²) >= 11 is 0. The van der Waals surface area contributed by atoms with Crippen LogP contribution in [-0.2, 0) is 21.9 Å². The molecule has 9 heteroatoms. The van der Waals surface area contributed by atoms with Crippen molar-refractivity contribution in [2.45, 2.75) is 11.9 Å². The van der Waals surface area contributed by atoms with Gasteiger partial charge in [-0.1, -0.05) is 0 Å². The molecule has 0 saturated heterocycles. The molecule has 0 aliphatic rings. The number of carbonyl (C=O) groups is 1. The van der Waals surface area contributed by atoms with Gasteiger partial charge in [-0.25, -0.2) is 18.1 Å². The highest BCUT2D eigenvalue weighted by molar-refractivity contribution is 7.89. The minimum absolute atomic E-state index is 0.0804. The molecule has 0 saturated carbocycles. The van der Waals surface area contributed by atoms with Crippen LogP contribution in [0.4, 0.5) is 0 Å². The number of carbonyl (C=O) groups excluding carboxylic acids is 1. The van der Waals surface area contributed by atoms with E-state index in [4.69, 9.17) is 0 Å². The fraction of sp³-hybridized carbons (Fsp3) is 0.636. The van der Waals surface area contributed by atoms with E-state index in [1.54, 1.807) is 32.6 Å². The van der Waals surface area contributed by atoms with Gasteiger partial charge in [-0.05, 0) is 14.0 Å². The van der Waals surface area contributed by atoms with Crippen LogP contribution in [0.3, 0.4) is 0 Å². The van der Waals surface area contributed by atoms with Crippen molar-refractivity contribution >= 4 is 15.9 Å². The van der Waals surface area contributed by atoms with Gasteiger partial charge < -0.3 is 14.8 Å². The van der Waals surface area contributed by atoms with Crippen LogP contribution in [0.25, 0.3) is 0 Å².